The monoisotopic (exact) mass is 208 g/mol. The molecule has 0 aromatic heterocycles. The molecule has 2 atom stereocenters. The molecule has 0 radical (unpaired) electrons. The number of aliphatic carboxylic acids is 1. The number of hydrogen-bond acceptors (Lipinski definition) is 1. The van der Waals surface area contributed by atoms with Crippen LogP contribution in [0, 0.1) is 22.7 Å². The highest BCUT2D eigenvalue weighted by Gasteiger charge is 2.56. The van der Waals surface area contributed by atoms with Crippen molar-refractivity contribution in [2.24, 2.45) is 22.7 Å². The van der Waals surface area contributed by atoms with Gasteiger partial charge in [-0.15, -0.1) is 0 Å². The Labute approximate surface area is 91.1 Å². The van der Waals surface area contributed by atoms with Crippen LogP contribution < -0.4 is 0 Å². The van der Waals surface area contributed by atoms with Crippen molar-refractivity contribution >= 4 is 5.97 Å². The maximum Gasteiger partial charge on any atom is 0.303 e. The Bertz CT molecular complexity index is 294. The zero-order chi connectivity index (χ0) is 10.7. The molecule has 0 aromatic rings. The van der Waals surface area contributed by atoms with Crippen LogP contribution >= 0.6 is 0 Å². The number of carbonyl (C=O) groups is 1. The number of carboxylic acids is 1. The van der Waals surface area contributed by atoms with Crippen molar-refractivity contribution in [2.75, 3.05) is 0 Å². The maximum atomic E-state index is 11.0. The predicted octanol–water partition coefficient (Wildman–Crippen LogP) is 3.07. The molecule has 15 heavy (non-hydrogen) atoms. The van der Waals surface area contributed by atoms with Crippen LogP contribution in [0.2, 0.25) is 0 Å². The molecule has 0 amide bonds. The summed E-state index contributed by atoms with van der Waals surface area (Å²) >= 11 is 0. The van der Waals surface area contributed by atoms with Gasteiger partial charge in [0.1, 0.15) is 0 Å². The van der Waals surface area contributed by atoms with Gasteiger partial charge in [-0.3, -0.25) is 4.79 Å². The van der Waals surface area contributed by atoms with Gasteiger partial charge in [0.05, 0.1) is 6.42 Å². The average Bonchev–Trinajstić information content (AvgIpc) is 1.94. The van der Waals surface area contributed by atoms with Crippen molar-refractivity contribution in [2.45, 2.75) is 51.9 Å². The highest BCUT2D eigenvalue weighted by molar-refractivity contribution is 5.67. The summed E-state index contributed by atoms with van der Waals surface area (Å²) in [6.07, 6.45) is 8.12. The molecule has 4 aliphatic rings. The third-order valence-corrected chi connectivity index (χ3v) is 5.00. The minimum atomic E-state index is -0.583. The highest BCUT2D eigenvalue weighted by Crippen LogP contribution is 2.66. The molecule has 4 bridgehead atoms. The quantitative estimate of drug-likeness (QED) is 0.757. The van der Waals surface area contributed by atoms with Gasteiger partial charge in [0, 0.05) is 0 Å². The first-order chi connectivity index (χ1) is 6.99. The van der Waals surface area contributed by atoms with Crippen molar-refractivity contribution in [1.82, 2.24) is 0 Å². The molecule has 0 aliphatic heterocycles. The first kappa shape index (κ1) is 9.68. The van der Waals surface area contributed by atoms with E-state index in [0.717, 1.165) is 11.8 Å². The number of rotatable bonds is 2. The molecule has 2 heteroatoms. The van der Waals surface area contributed by atoms with Crippen molar-refractivity contribution in [3.8, 4) is 0 Å². The minimum Gasteiger partial charge on any atom is -0.481 e. The lowest BCUT2D eigenvalue weighted by atomic mass is 9.44. The van der Waals surface area contributed by atoms with Gasteiger partial charge in [-0.2, -0.15) is 0 Å². The molecule has 84 valence electrons. The summed E-state index contributed by atoms with van der Waals surface area (Å²) in [7, 11) is 0. The van der Waals surface area contributed by atoms with Crippen LogP contribution in [-0.2, 0) is 4.79 Å². The van der Waals surface area contributed by atoms with Crippen LogP contribution in [0.4, 0.5) is 0 Å². The standard InChI is InChI=1S/C13H20O2/c1-12-3-9-2-10(4-12)6-13(5-9,8-12)7-11(14)15/h9-10H,2-8H2,1H3,(H,14,15). The van der Waals surface area contributed by atoms with E-state index in [1.54, 1.807) is 0 Å². The number of hydrogen-bond donors (Lipinski definition) is 1. The first-order valence-corrected chi connectivity index (χ1v) is 6.21. The minimum absolute atomic E-state index is 0.185. The summed E-state index contributed by atoms with van der Waals surface area (Å²) in [5.41, 5.74) is 0.671. The van der Waals surface area contributed by atoms with Crippen LogP contribution in [0.5, 0.6) is 0 Å². The van der Waals surface area contributed by atoms with Gasteiger partial charge in [0.25, 0.3) is 0 Å². The SMILES string of the molecule is CC12CC3CC(C1)CC(CC(=O)O)(C3)C2. The second-order valence-electron chi connectivity index (χ2n) is 6.84. The lowest BCUT2D eigenvalue weighted by Gasteiger charge is -2.61. The van der Waals surface area contributed by atoms with Crippen molar-refractivity contribution in [3.63, 3.8) is 0 Å². The van der Waals surface area contributed by atoms with Gasteiger partial charge in [-0.25, -0.2) is 0 Å². The summed E-state index contributed by atoms with van der Waals surface area (Å²) < 4.78 is 0. The van der Waals surface area contributed by atoms with Gasteiger partial charge in [-0.1, -0.05) is 6.92 Å². The molecule has 4 fully saturated rings. The van der Waals surface area contributed by atoms with Crippen molar-refractivity contribution < 1.29 is 9.90 Å². The fraction of sp³-hybridized carbons (Fsp3) is 0.923. The van der Waals surface area contributed by atoms with E-state index in [1.165, 1.54) is 38.5 Å². The molecular formula is C13H20O2. The summed E-state index contributed by atoms with van der Waals surface area (Å²) in [5.74, 6) is 1.10. The fourth-order valence-corrected chi connectivity index (χ4v) is 5.46. The van der Waals surface area contributed by atoms with E-state index in [0.29, 0.717) is 11.8 Å². The average molecular weight is 208 g/mol. The van der Waals surface area contributed by atoms with Crippen molar-refractivity contribution in [3.05, 3.63) is 0 Å². The first-order valence-electron chi connectivity index (χ1n) is 6.21. The summed E-state index contributed by atoms with van der Waals surface area (Å²) in [5, 5.41) is 9.06. The Kier molecular flexibility index (Phi) is 1.79. The van der Waals surface area contributed by atoms with Crippen LogP contribution in [-0.4, -0.2) is 11.1 Å². The van der Waals surface area contributed by atoms with Gasteiger partial charge in [0.15, 0.2) is 0 Å². The molecule has 4 rings (SSSR count). The van der Waals surface area contributed by atoms with E-state index in [1.807, 2.05) is 0 Å². The zero-order valence-electron chi connectivity index (χ0n) is 9.46. The predicted molar refractivity (Wildman–Crippen MR) is 57.5 cm³/mol. The molecule has 0 saturated heterocycles. The van der Waals surface area contributed by atoms with Gasteiger partial charge < -0.3 is 5.11 Å². The van der Waals surface area contributed by atoms with Crippen LogP contribution in [0.1, 0.15) is 51.9 Å². The van der Waals surface area contributed by atoms with Gasteiger partial charge >= 0.3 is 5.97 Å². The molecule has 0 heterocycles. The fourth-order valence-electron chi connectivity index (χ4n) is 5.46. The van der Waals surface area contributed by atoms with E-state index in [9.17, 15) is 4.79 Å². The molecule has 1 N–H and O–H groups in total. The highest BCUT2D eigenvalue weighted by atomic mass is 16.4. The Morgan fingerprint density at radius 2 is 1.87 bits per heavy atom. The molecule has 2 nitrogen and oxygen atoms in total. The third kappa shape index (κ3) is 1.49. The van der Waals surface area contributed by atoms with E-state index < -0.39 is 5.97 Å². The second-order valence-corrected chi connectivity index (χ2v) is 6.84. The zero-order valence-corrected chi connectivity index (χ0v) is 9.46. The lowest BCUT2D eigenvalue weighted by molar-refractivity contribution is -0.150. The molecule has 0 spiro atoms. The molecule has 0 aromatic carbocycles. The van der Waals surface area contributed by atoms with Gasteiger partial charge in [0.2, 0.25) is 0 Å². The van der Waals surface area contributed by atoms with Crippen LogP contribution in [0.25, 0.3) is 0 Å². The van der Waals surface area contributed by atoms with Crippen LogP contribution in [0.3, 0.4) is 0 Å². The Balaban J connectivity index is 1.89. The second kappa shape index (κ2) is 2.78. The van der Waals surface area contributed by atoms with Crippen molar-refractivity contribution in [1.29, 1.82) is 0 Å². The normalized spacial score (nSPS) is 52.1. The van der Waals surface area contributed by atoms with E-state index >= 15 is 0 Å². The van der Waals surface area contributed by atoms with E-state index in [-0.39, 0.29) is 5.41 Å². The molecule has 2 unspecified atom stereocenters. The molecule has 4 saturated carbocycles. The van der Waals surface area contributed by atoms with Crippen LogP contribution in [0.15, 0.2) is 0 Å². The summed E-state index contributed by atoms with van der Waals surface area (Å²) in [6, 6.07) is 0. The molecular weight excluding hydrogens is 188 g/mol. The Morgan fingerprint density at radius 1 is 1.27 bits per heavy atom. The smallest absolute Gasteiger partial charge is 0.303 e. The Hall–Kier alpha value is -0.530. The number of carboxylic acid groups (broad SMARTS) is 1. The third-order valence-electron chi connectivity index (χ3n) is 5.00. The molecule has 4 aliphatic carbocycles. The largest absolute Gasteiger partial charge is 0.481 e. The maximum absolute atomic E-state index is 11.0. The summed E-state index contributed by atoms with van der Waals surface area (Å²) in [6.45, 7) is 2.39. The lowest BCUT2D eigenvalue weighted by Crippen LogP contribution is -2.51. The van der Waals surface area contributed by atoms with E-state index in [4.69, 9.17) is 5.11 Å². The van der Waals surface area contributed by atoms with Gasteiger partial charge in [-0.05, 0) is 61.2 Å². The topological polar surface area (TPSA) is 37.3 Å². The van der Waals surface area contributed by atoms with E-state index in [2.05, 4.69) is 6.92 Å². The Morgan fingerprint density at radius 3 is 2.33 bits per heavy atom. The summed E-state index contributed by atoms with van der Waals surface area (Å²) in [4.78, 5) is 11.0.